The zero-order valence-corrected chi connectivity index (χ0v) is 36.6. The maximum absolute atomic E-state index is 12.3. The van der Waals surface area contributed by atoms with E-state index in [1.165, 1.54) is 0 Å². The summed E-state index contributed by atoms with van der Waals surface area (Å²) in [4.78, 5) is 10.3. The van der Waals surface area contributed by atoms with Gasteiger partial charge in [0.1, 0.15) is 11.6 Å². The molecular formula is C56H48N3OPt-. The molecule has 61 heavy (non-hydrogen) atoms. The van der Waals surface area contributed by atoms with E-state index >= 15 is 0 Å². The number of aryl methyl sites for hydroxylation is 2. The quantitative estimate of drug-likeness (QED) is 0.147. The van der Waals surface area contributed by atoms with Crippen molar-refractivity contribution in [3.05, 3.63) is 192 Å². The number of phenolic OH excluding ortho intramolecular Hbond substituents is 1. The fraction of sp³-hybridized carbons (Fsp3) is 0.143. The van der Waals surface area contributed by atoms with E-state index in [1.807, 2.05) is 103 Å². The number of phenols is 1. The Morgan fingerprint density at radius 2 is 1.26 bits per heavy atom. The van der Waals surface area contributed by atoms with Crippen LogP contribution in [0.2, 0.25) is 0 Å². The van der Waals surface area contributed by atoms with Crippen LogP contribution in [-0.2, 0) is 21.1 Å². The van der Waals surface area contributed by atoms with Crippen LogP contribution in [-0.4, -0.2) is 19.6 Å². The normalized spacial score (nSPS) is 13.2. The van der Waals surface area contributed by atoms with Gasteiger partial charge in [0, 0.05) is 46.7 Å². The van der Waals surface area contributed by atoms with Gasteiger partial charge >= 0.3 is 0 Å². The molecule has 0 fully saturated rings. The minimum absolute atomic E-state index is 0. The average molecular weight is 980 g/mol. The Morgan fingerprint density at radius 1 is 0.574 bits per heavy atom. The molecule has 0 bridgehead atoms. The summed E-state index contributed by atoms with van der Waals surface area (Å²) < 4.78 is 50.7. The summed E-state index contributed by atoms with van der Waals surface area (Å²) in [5.74, 6) is 0.829. The molecule has 304 valence electrons. The number of aromatic nitrogens is 3. The van der Waals surface area contributed by atoms with Crippen LogP contribution in [0.15, 0.2) is 164 Å². The average Bonchev–Trinajstić information content (AvgIpc) is 3.70. The van der Waals surface area contributed by atoms with Crippen molar-refractivity contribution < 1.29 is 34.4 Å². The van der Waals surface area contributed by atoms with Crippen LogP contribution in [0, 0.1) is 19.8 Å². The Bertz CT molecular complexity index is 3230. The second-order valence-electron chi connectivity index (χ2n) is 15.9. The van der Waals surface area contributed by atoms with Crippen LogP contribution >= 0.6 is 0 Å². The van der Waals surface area contributed by atoms with Gasteiger partial charge in [-0.3, -0.25) is 9.55 Å². The minimum atomic E-state index is -2.35. The second-order valence-corrected chi connectivity index (χ2v) is 15.9. The number of rotatable bonds is 9. The van der Waals surface area contributed by atoms with E-state index in [0.717, 1.165) is 61.2 Å². The van der Waals surface area contributed by atoms with Gasteiger partial charge in [-0.1, -0.05) is 171 Å². The Balaban J connectivity index is 0.00000608. The third kappa shape index (κ3) is 8.13. The van der Waals surface area contributed by atoms with Crippen LogP contribution in [0.1, 0.15) is 70.0 Å². The molecule has 2 heterocycles. The fourth-order valence-corrected chi connectivity index (χ4v) is 8.02. The van der Waals surface area contributed by atoms with E-state index in [0.29, 0.717) is 33.8 Å². The molecule has 7 aromatic carbocycles. The first-order valence-corrected chi connectivity index (χ1v) is 20.3. The van der Waals surface area contributed by atoms with Gasteiger partial charge in [-0.25, -0.2) is 4.98 Å². The van der Waals surface area contributed by atoms with E-state index < -0.39 is 13.7 Å². The monoisotopic (exact) mass is 979 g/mol. The maximum Gasteiger partial charge on any atom is 0.148 e. The number of imidazole rings is 1. The van der Waals surface area contributed by atoms with Gasteiger partial charge in [-0.2, -0.15) is 0 Å². The SMILES string of the molecule is [2H]C([2H])([2H])c1ccc(-c2ccnc(-c3[c-]c(-c4cccc5c4nc(-c4cc(C(C)C)cc(C(C)C)c4O)n5-c4ccc(C([2H])([2H])[2H])cc4-c4ccccc4)cc(-c4ccccc4)c3)c2)cc1.[Pt]. The molecule has 4 nitrogen and oxygen atoms in total. The molecule has 1 N–H and O–H groups in total. The standard InChI is InChI=1S/C56H48N3O.Pt/c1-35(2)43-32-48(36(3)4)55(60)50(33-43)56-58-54-47(18-13-19-53(54)59(56)52-25-22-38(6)28-49(52)41-16-11-8-12-17-41)45-29-44(39-14-9-7-10-15-39)30-46(31-45)51-34-42(26-27-57-51)40-23-20-37(5)21-24-40;/h7-30,32-36,60H,1-6H3;/q-1;/i5D3,6D3;. The Kier molecular flexibility index (Phi) is 9.76. The predicted octanol–water partition coefficient (Wildman–Crippen LogP) is 14.8. The molecule has 5 heteroatoms. The van der Waals surface area contributed by atoms with Crippen LogP contribution in [0.25, 0.3) is 83.9 Å². The number of pyridine rings is 1. The molecule has 0 aliphatic rings. The predicted molar refractivity (Wildman–Crippen MR) is 250 cm³/mol. The number of hydrogen-bond donors (Lipinski definition) is 1. The smallest absolute Gasteiger partial charge is 0.148 e. The van der Waals surface area contributed by atoms with Crippen LogP contribution in [0.4, 0.5) is 0 Å². The molecule has 9 aromatic rings. The van der Waals surface area contributed by atoms with E-state index in [-0.39, 0.29) is 49.8 Å². The summed E-state index contributed by atoms with van der Waals surface area (Å²) >= 11 is 0. The van der Waals surface area contributed by atoms with Crippen LogP contribution in [0.5, 0.6) is 5.75 Å². The molecule has 9 rings (SSSR count). The van der Waals surface area contributed by atoms with Crippen molar-refractivity contribution >= 4 is 11.0 Å². The summed E-state index contributed by atoms with van der Waals surface area (Å²) in [6.45, 7) is 3.86. The first-order chi connectivity index (χ1) is 31.5. The molecule has 0 aliphatic carbocycles. The van der Waals surface area contributed by atoms with E-state index in [2.05, 4.69) is 68.7 Å². The molecule has 0 atom stereocenters. The zero-order chi connectivity index (χ0) is 46.5. The van der Waals surface area contributed by atoms with Crippen molar-refractivity contribution in [2.24, 2.45) is 0 Å². The number of nitrogens with zero attached hydrogens (tertiary/aromatic N) is 3. The van der Waals surface area contributed by atoms with Crippen molar-refractivity contribution in [1.29, 1.82) is 0 Å². The number of hydrogen-bond acceptors (Lipinski definition) is 3. The van der Waals surface area contributed by atoms with Crippen molar-refractivity contribution in [2.45, 2.75) is 53.2 Å². The van der Waals surface area contributed by atoms with E-state index in [1.54, 1.807) is 30.5 Å². The summed E-state index contributed by atoms with van der Waals surface area (Å²) in [6, 6.07) is 54.0. The topological polar surface area (TPSA) is 50.9 Å². The first kappa shape index (κ1) is 34.4. The summed E-state index contributed by atoms with van der Waals surface area (Å²) in [5, 5.41) is 12.3. The van der Waals surface area contributed by atoms with E-state index in [9.17, 15) is 5.11 Å². The Hall–Kier alpha value is -6.35. The summed E-state index contributed by atoms with van der Waals surface area (Å²) in [5.41, 5.74) is 13.3. The molecule has 0 radical (unpaired) electrons. The van der Waals surface area contributed by atoms with Gasteiger partial charge in [-0.05, 0) is 89.3 Å². The first-order valence-electron chi connectivity index (χ1n) is 23.3. The molecule has 0 saturated carbocycles. The maximum atomic E-state index is 12.3. The third-order valence-corrected chi connectivity index (χ3v) is 11.2. The van der Waals surface area contributed by atoms with Gasteiger partial charge in [0.25, 0.3) is 0 Å². The third-order valence-electron chi connectivity index (χ3n) is 11.2. The molecule has 0 saturated heterocycles. The molecule has 0 aliphatic heterocycles. The van der Waals surface area contributed by atoms with Gasteiger partial charge in [0.05, 0.1) is 22.3 Å². The van der Waals surface area contributed by atoms with E-state index in [4.69, 9.17) is 18.2 Å². The molecule has 0 amide bonds. The summed E-state index contributed by atoms with van der Waals surface area (Å²) in [7, 11) is 0. The second kappa shape index (κ2) is 17.3. The van der Waals surface area contributed by atoms with Crippen molar-refractivity contribution in [3.8, 4) is 78.6 Å². The van der Waals surface area contributed by atoms with Crippen molar-refractivity contribution in [1.82, 2.24) is 14.5 Å². The molecular weight excluding hydrogens is 926 g/mol. The van der Waals surface area contributed by atoms with Gasteiger partial charge < -0.3 is 5.11 Å². The van der Waals surface area contributed by atoms with Crippen LogP contribution < -0.4 is 0 Å². The van der Waals surface area contributed by atoms with Gasteiger partial charge in [0.2, 0.25) is 0 Å². The molecule has 0 spiro atoms. The van der Waals surface area contributed by atoms with Gasteiger partial charge in [-0.15, -0.1) is 23.8 Å². The zero-order valence-electron chi connectivity index (χ0n) is 40.3. The van der Waals surface area contributed by atoms with Crippen molar-refractivity contribution in [3.63, 3.8) is 0 Å². The fourth-order valence-electron chi connectivity index (χ4n) is 8.02. The Labute approximate surface area is 382 Å². The van der Waals surface area contributed by atoms with Crippen LogP contribution in [0.3, 0.4) is 0 Å². The summed E-state index contributed by atoms with van der Waals surface area (Å²) in [6.07, 6.45) is 1.75. The van der Waals surface area contributed by atoms with Gasteiger partial charge in [0.15, 0.2) is 0 Å². The number of fused-ring (bicyclic) bond motifs is 1. The largest absolute Gasteiger partial charge is 0.507 e. The molecule has 2 aromatic heterocycles. The Morgan fingerprint density at radius 3 is 1.97 bits per heavy atom. The number of para-hydroxylation sites is 1. The van der Waals surface area contributed by atoms with Crippen molar-refractivity contribution in [2.75, 3.05) is 0 Å². The minimum Gasteiger partial charge on any atom is -0.507 e. The molecule has 0 unspecified atom stereocenters. The number of aromatic hydroxyl groups is 1. The number of benzene rings is 7.